The molecule has 2 aliphatic rings. The van der Waals surface area contributed by atoms with Crippen molar-refractivity contribution in [2.24, 2.45) is 5.18 Å². The first kappa shape index (κ1) is 21.5. The second kappa shape index (κ2) is 9.55. The van der Waals surface area contributed by atoms with Crippen molar-refractivity contribution in [1.82, 2.24) is 4.90 Å². The molecular formula is C22H34ClN3O2. The molecule has 1 saturated carbocycles. The van der Waals surface area contributed by atoms with Crippen molar-refractivity contribution in [3.63, 3.8) is 0 Å². The summed E-state index contributed by atoms with van der Waals surface area (Å²) in [6.45, 7) is 9.61. The lowest BCUT2D eigenvalue weighted by molar-refractivity contribution is -0.0277. The van der Waals surface area contributed by atoms with Crippen LogP contribution in [0.5, 0.6) is 0 Å². The highest BCUT2D eigenvalue weighted by Gasteiger charge is 2.38. The van der Waals surface area contributed by atoms with Crippen molar-refractivity contribution in [3.05, 3.63) is 27.6 Å². The van der Waals surface area contributed by atoms with E-state index in [-0.39, 0.29) is 0 Å². The van der Waals surface area contributed by atoms with Crippen LogP contribution in [0.15, 0.2) is 17.3 Å². The molecule has 0 unspecified atom stereocenters. The number of benzene rings is 1. The Balaban J connectivity index is 1.52. The van der Waals surface area contributed by atoms with Gasteiger partial charge < -0.3 is 10.1 Å². The molecule has 1 aromatic rings. The number of ether oxygens (including phenoxy) is 1. The van der Waals surface area contributed by atoms with E-state index in [2.05, 4.69) is 29.2 Å². The van der Waals surface area contributed by atoms with Crippen LogP contribution in [0, 0.1) is 11.8 Å². The highest BCUT2D eigenvalue weighted by atomic mass is 35.5. The van der Waals surface area contributed by atoms with Gasteiger partial charge in [0.25, 0.3) is 0 Å². The minimum absolute atomic E-state index is 0.295. The molecule has 28 heavy (non-hydrogen) atoms. The molecule has 0 spiro atoms. The molecule has 3 rings (SSSR count). The molecule has 0 amide bonds. The number of nitrogens with zero attached hydrogens (tertiary/aromatic N) is 2. The molecule has 1 N–H and O–H groups in total. The number of aryl methyl sites for hydroxylation is 1. The fourth-order valence-electron chi connectivity index (χ4n) is 4.63. The number of anilines is 1. The summed E-state index contributed by atoms with van der Waals surface area (Å²) in [5, 5.41) is 7.27. The Kier molecular flexibility index (Phi) is 7.35. The van der Waals surface area contributed by atoms with Gasteiger partial charge >= 0.3 is 0 Å². The van der Waals surface area contributed by atoms with Gasteiger partial charge in [0.15, 0.2) is 0 Å². The standard InChI is InChI=1S/C22H34ClN3O2/c1-4-13-28-18-5-9-22(3,10-6-18)26-11-7-17(8-12-26)24-20-14-16(2)19(23)15-21(20)25-27/h14-15,17-18,24H,4-13H2,1-3H3. The molecule has 0 atom stereocenters. The van der Waals surface area contributed by atoms with E-state index in [0.29, 0.717) is 28.4 Å². The molecule has 0 radical (unpaired) electrons. The number of rotatable bonds is 7. The predicted molar refractivity (Wildman–Crippen MR) is 117 cm³/mol. The summed E-state index contributed by atoms with van der Waals surface area (Å²) in [5.74, 6) is 0. The van der Waals surface area contributed by atoms with Crippen molar-refractivity contribution < 1.29 is 4.74 Å². The summed E-state index contributed by atoms with van der Waals surface area (Å²) in [6, 6.07) is 3.95. The average Bonchev–Trinajstić information content (AvgIpc) is 2.70. The number of nitrogens with one attached hydrogen (secondary N) is 1. The molecule has 5 nitrogen and oxygen atoms in total. The van der Waals surface area contributed by atoms with E-state index in [1.54, 1.807) is 6.07 Å². The molecule has 1 aliphatic heterocycles. The highest BCUT2D eigenvalue weighted by Crippen LogP contribution is 2.37. The van der Waals surface area contributed by atoms with Crippen LogP contribution in [0.4, 0.5) is 11.4 Å². The molecule has 1 heterocycles. The van der Waals surface area contributed by atoms with Gasteiger partial charge in [0.2, 0.25) is 0 Å². The lowest BCUT2D eigenvalue weighted by Gasteiger charge is -2.48. The van der Waals surface area contributed by atoms with E-state index < -0.39 is 0 Å². The fraction of sp³-hybridized carbons (Fsp3) is 0.727. The van der Waals surface area contributed by atoms with Gasteiger partial charge in [-0.05, 0) is 81.7 Å². The van der Waals surface area contributed by atoms with Crippen LogP contribution in [0.2, 0.25) is 5.02 Å². The van der Waals surface area contributed by atoms with Gasteiger partial charge in [0.05, 0.1) is 11.8 Å². The first-order chi connectivity index (χ1) is 13.4. The van der Waals surface area contributed by atoms with Gasteiger partial charge in [-0.15, -0.1) is 4.91 Å². The third-order valence-electron chi connectivity index (χ3n) is 6.56. The molecule has 1 aliphatic carbocycles. The van der Waals surface area contributed by atoms with E-state index in [4.69, 9.17) is 16.3 Å². The fourth-order valence-corrected chi connectivity index (χ4v) is 4.78. The maximum Gasteiger partial charge on any atom is 0.132 e. The van der Waals surface area contributed by atoms with Crippen LogP contribution in [0.3, 0.4) is 0 Å². The Morgan fingerprint density at radius 2 is 1.93 bits per heavy atom. The molecule has 1 saturated heterocycles. The lowest BCUT2D eigenvalue weighted by Crippen LogP contribution is -2.53. The summed E-state index contributed by atoms with van der Waals surface area (Å²) in [6.07, 6.45) is 8.48. The van der Waals surface area contributed by atoms with Gasteiger partial charge in [-0.25, -0.2) is 0 Å². The summed E-state index contributed by atoms with van der Waals surface area (Å²) in [4.78, 5) is 13.8. The largest absolute Gasteiger partial charge is 0.380 e. The molecule has 6 heteroatoms. The zero-order valence-corrected chi connectivity index (χ0v) is 18.2. The molecule has 1 aromatic carbocycles. The first-order valence-corrected chi connectivity index (χ1v) is 11.1. The van der Waals surface area contributed by atoms with Crippen molar-refractivity contribution in [3.8, 4) is 0 Å². The normalized spacial score (nSPS) is 26.9. The van der Waals surface area contributed by atoms with Crippen LogP contribution in [-0.2, 0) is 4.74 Å². The number of likely N-dealkylation sites (tertiary alicyclic amines) is 1. The number of piperidine rings is 1. The van der Waals surface area contributed by atoms with E-state index in [9.17, 15) is 4.91 Å². The van der Waals surface area contributed by atoms with Crippen molar-refractivity contribution in [1.29, 1.82) is 0 Å². The number of hydrogen-bond donors (Lipinski definition) is 1. The summed E-state index contributed by atoms with van der Waals surface area (Å²) < 4.78 is 5.96. The Morgan fingerprint density at radius 1 is 1.25 bits per heavy atom. The molecule has 2 fully saturated rings. The topological polar surface area (TPSA) is 53.9 Å². The van der Waals surface area contributed by atoms with Gasteiger partial charge in [0, 0.05) is 36.3 Å². The second-order valence-corrected chi connectivity index (χ2v) is 9.09. The van der Waals surface area contributed by atoms with Crippen molar-refractivity contribution in [2.75, 3.05) is 25.0 Å². The van der Waals surface area contributed by atoms with E-state index in [0.717, 1.165) is 50.2 Å². The Hall–Kier alpha value is -1.17. The van der Waals surface area contributed by atoms with Gasteiger partial charge in [-0.2, -0.15) is 0 Å². The minimum Gasteiger partial charge on any atom is -0.380 e. The first-order valence-electron chi connectivity index (χ1n) is 10.7. The second-order valence-electron chi connectivity index (χ2n) is 8.68. The molecule has 0 bridgehead atoms. The van der Waals surface area contributed by atoms with E-state index in [1.807, 2.05) is 13.0 Å². The third-order valence-corrected chi connectivity index (χ3v) is 6.97. The maximum absolute atomic E-state index is 11.2. The van der Waals surface area contributed by atoms with Crippen molar-refractivity contribution >= 4 is 23.0 Å². The zero-order valence-electron chi connectivity index (χ0n) is 17.5. The molecule has 0 aromatic heterocycles. The van der Waals surface area contributed by atoms with Crippen LogP contribution < -0.4 is 5.32 Å². The Bertz CT molecular complexity index is 666. The summed E-state index contributed by atoms with van der Waals surface area (Å²) >= 11 is 6.12. The quantitative estimate of drug-likeness (QED) is 0.559. The Labute approximate surface area is 174 Å². The highest BCUT2D eigenvalue weighted by molar-refractivity contribution is 6.31. The van der Waals surface area contributed by atoms with E-state index in [1.165, 1.54) is 25.7 Å². The smallest absolute Gasteiger partial charge is 0.132 e. The zero-order chi connectivity index (χ0) is 20.1. The summed E-state index contributed by atoms with van der Waals surface area (Å²) in [5.41, 5.74) is 2.46. The molecule has 156 valence electrons. The number of hydrogen-bond acceptors (Lipinski definition) is 5. The maximum atomic E-state index is 11.2. The van der Waals surface area contributed by atoms with Gasteiger partial charge in [-0.1, -0.05) is 18.5 Å². The van der Waals surface area contributed by atoms with Gasteiger partial charge in [0.1, 0.15) is 5.69 Å². The van der Waals surface area contributed by atoms with Crippen LogP contribution in [0.25, 0.3) is 0 Å². The van der Waals surface area contributed by atoms with E-state index >= 15 is 0 Å². The third kappa shape index (κ3) is 5.05. The Morgan fingerprint density at radius 3 is 2.54 bits per heavy atom. The lowest BCUT2D eigenvalue weighted by atomic mass is 9.79. The number of nitroso groups, excluding NO2 is 1. The average molecular weight is 408 g/mol. The SMILES string of the molecule is CCCOC1CCC(C)(N2CCC(Nc3cc(C)c(Cl)cc3N=O)CC2)CC1. The predicted octanol–water partition coefficient (Wildman–Crippen LogP) is 6.05. The van der Waals surface area contributed by atoms with Crippen molar-refractivity contribution in [2.45, 2.75) is 83.4 Å². The summed E-state index contributed by atoms with van der Waals surface area (Å²) in [7, 11) is 0. The molecular weight excluding hydrogens is 374 g/mol. The van der Waals surface area contributed by atoms with Crippen LogP contribution in [0.1, 0.15) is 64.4 Å². The van der Waals surface area contributed by atoms with Crippen LogP contribution >= 0.6 is 11.6 Å². The minimum atomic E-state index is 0.295. The van der Waals surface area contributed by atoms with Crippen LogP contribution in [-0.4, -0.2) is 42.3 Å². The monoisotopic (exact) mass is 407 g/mol. The number of halogens is 1. The van der Waals surface area contributed by atoms with Gasteiger partial charge in [-0.3, -0.25) is 4.90 Å².